The lowest BCUT2D eigenvalue weighted by molar-refractivity contribution is 0.0697. The molecule has 20 heavy (non-hydrogen) atoms. The second-order valence-corrected chi connectivity index (χ2v) is 6.70. The van der Waals surface area contributed by atoms with E-state index in [4.69, 9.17) is 28.3 Å². The first kappa shape index (κ1) is 15.3. The molecule has 2 aromatic rings. The van der Waals surface area contributed by atoms with E-state index in [9.17, 15) is 4.79 Å². The second kappa shape index (κ2) is 6.59. The fourth-order valence-electron chi connectivity index (χ4n) is 1.86. The van der Waals surface area contributed by atoms with Gasteiger partial charge in [-0.1, -0.05) is 29.3 Å². The maximum Gasteiger partial charge on any atom is 0.335 e. The Morgan fingerprint density at radius 2 is 2.00 bits per heavy atom. The lowest BCUT2D eigenvalue weighted by Gasteiger charge is -2.16. The van der Waals surface area contributed by atoms with E-state index in [0.717, 1.165) is 16.4 Å². The molecule has 6 heteroatoms. The Morgan fingerprint density at radius 3 is 2.55 bits per heavy atom. The summed E-state index contributed by atoms with van der Waals surface area (Å²) in [6.45, 7) is 1.42. The van der Waals surface area contributed by atoms with E-state index >= 15 is 0 Å². The molecule has 0 saturated carbocycles. The number of thiophene rings is 1. The smallest absolute Gasteiger partial charge is 0.335 e. The van der Waals surface area contributed by atoms with Crippen LogP contribution in [0.3, 0.4) is 0 Å². The monoisotopic (exact) mass is 329 g/mol. The van der Waals surface area contributed by atoms with Crippen molar-refractivity contribution in [1.29, 1.82) is 0 Å². The normalized spacial score (nSPS) is 11.0. The fraction of sp³-hybridized carbons (Fsp3) is 0.214. The van der Waals surface area contributed by atoms with Crippen LogP contribution in [-0.4, -0.2) is 23.0 Å². The lowest BCUT2D eigenvalue weighted by Crippen LogP contribution is -2.17. The van der Waals surface area contributed by atoms with E-state index in [1.807, 2.05) is 19.2 Å². The van der Waals surface area contributed by atoms with Crippen molar-refractivity contribution < 1.29 is 9.90 Å². The van der Waals surface area contributed by atoms with Crippen LogP contribution in [0, 0.1) is 0 Å². The Morgan fingerprint density at radius 1 is 1.25 bits per heavy atom. The molecule has 2 rings (SSSR count). The Kier molecular flexibility index (Phi) is 5.05. The standard InChI is InChI=1S/C14H13Cl2NO2S/c1-17(8-11-4-5-13(16)20-11)7-10-3-2-9(14(18)19)6-12(10)15/h2-6H,7-8H2,1H3,(H,18,19). The van der Waals surface area contributed by atoms with Gasteiger partial charge in [0.15, 0.2) is 0 Å². The molecular formula is C14H13Cl2NO2S. The Bertz CT molecular complexity index is 627. The number of hydrogen-bond donors (Lipinski definition) is 1. The first-order valence-electron chi connectivity index (χ1n) is 5.90. The van der Waals surface area contributed by atoms with Gasteiger partial charge in [-0.15, -0.1) is 11.3 Å². The summed E-state index contributed by atoms with van der Waals surface area (Å²) in [7, 11) is 1.98. The summed E-state index contributed by atoms with van der Waals surface area (Å²) in [4.78, 5) is 14.1. The Hall–Kier alpha value is -1.07. The van der Waals surface area contributed by atoms with Crippen molar-refractivity contribution >= 4 is 40.5 Å². The van der Waals surface area contributed by atoms with Crippen molar-refractivity contribution in [1.82, 2.24) is 4.90 Å². The van der Waals surface area contributed by atoms with Gasteiger partial charge in [0.05, 0.1) is 9.90 Å². The summed E-state index contributed by atoms with van der Waals surface area (Å²) >= 11 is 13.6. The van der Waals surface area contributed by atoms with Gasteiger partial charge in [-0.3, -0.25) is 4.90 Å². The van der Waals surface area contributed by atoms with Crippen molar-refractivity contribution in [2.45, 2.75) is 13.1 Å². The number of aromatic carboxylic acids is 1. The number of halogens is 2. The van der Waals surface area contributed by atoms with Crippen LogP contribution in [-0.2, 0) is 13.1 Å². The summed E-state index contributed by atoms with van der Waals surface area (Å²) in [6.07, 6.45) is 0. The lowest BCUT2D eigenvalue weighted by atomic mass is 10.1. The van der Waals surface area contributed by atoms with Gasteiger partial charge in [0.25, 0.3) is 0 Å². The number of benzene rings is 1. The summed E-state index contributed by atoms with van der Waals surface area (Å²) in [5, 5.41) is 9.37. The molecule has 1 aromatic heterocycles. The first-order chi connectivity index (χ1) is 9.45. The predicted octanol–water partition coefficient (Wildman–Crippen LogP) is 4.39. The van der Waals surface area contributed by atoms with Gasteiger partial charge in [0.1, 0.15) is 0 Å². The highest BCUT2D eigenvalue weighted by Crippen LogP contribution is 2.24. The highest BCUT2D eigenvalue weighted by molar-refractivity contribution is 7.16. The van der Waals surface area contributed by atoms with E-state index in [0.29, 0.717) is 11.6 Å². The molecule has 0 saturated heterocycles. The van der Waals surface area contributed by atoms with Crippen LogP contribution >= 0.6 is 34.5 Å². The molecule has 0 aliphatic heterocycles. The van der Waals surface area contributed by atoms with E-state index < -0.39 is 5.97 Å². The zero-order valence-corrected chi connectivity index (χ0v) is 13.1. The summed E-state index contributed by atoms with van der Waals surface area (Å²) in [6, 6.07) is 8.68. The van der Waals surface area contributed by atoms with Crippen LogP contribution in [0.2, 0.25) is 9.36 Å². The first-order valence-corrected chi connectivity index (χ1v) is 7.47. The molecule has 1 aromatic carbocycles. The maximum absolute atomic E-state index is 10.8. The number of carboxylic acids is 1. The van der Waals surface area contributed by atoms with E-state index in [2.05, 4.69) is 4.90 Å². The average Bonchev–Trinajstić information content (AvgIpc) is 2.77. The fourth-order valence-corrected chi connectivity index (χ4v) is 3.27. The van der Waals surface area contributed by atoms with Crippen molar-refractivity contribution in [2.24, 2.45) is 0 Å². The van der Waals surface area contributed by atoms with E-state index in [-0.39, 0.29) is 5.56 Å². The molecule has 0 amide bonds. The zero-order chi connectivity index (χ0) is 14.7. The highest BCUT2D eigenvalue weighted by atomic mass is 35.5. The molecule has 3 nitrogen and oxygen atoms in total. The molecule has 0 aliphatic rings. The van der Waals surface area contributed by atoms with Crippen LogP contribution in [0.1, 0.15) is 20.8 Å². The summed E-state index contributed by atoms with van der Waals surface area (Å²) in [5.74, 6) is -0.972. The van der Waals surface area contributed by atoms with Gasteiger partial charge in [-0.05, 0) is 36.9 Å². The number of nitrogens with zero attached hydrogens (tertiary/aromatic N) is 1. The van der Waals surface area contributed by atoms with Gasteiger partial charge >= 0.3 is 5.97 Å². The number of carboxylic acid groups (broad SMARTS) is 1. The van der Waals surface area contributed by atoms with Crippen molar-refractivity contribution in [3.05, 3.63) is 55.7 Å². The van der Waals surface area contributed by atoms with Gasteiger partial charge < -0.3 is 5.11 Å². The molecule has 0 aliphatic carbocycles. The second-order valence-electron chi connectivity index (χ2n) is 4.49. The van der Waals surface area contributed by atoms with Crippen molar-refractivity contribution in [3.63, 3.8) is 0 Å². The topological polar surface area (TPSA) is 40.5 Å². The molecule has 0 fully saturated rings. The third kappa shape index (κ3) is 3.96. The summed E-state index contributed by atoms with van der Waals surface area (Å²) in [5.41, 5.74) is 1.10. The predicted molar refractivity (Wildman–Crippen MR) is 82.9 cm³/mol. The molecule has 1 heterocycles. The minimum Gasteiger partial charge on any atom is -0.478 e. The minimum absolute atomic E-state index is 0.200. The molecule has 0 unspecified atom stereocenters. The van der Waals surface area contributed by atoms with Crippen LogP contribution in [0.5, 0.6) is 0 Å². The van der Waals surface area contributed by atoms with Gasteiger partial charge in [0, 0.05) is 23.0 Å². The average molecular weight is 330 g/mol. The molecule has 1 N–H and O–H groups in total. The zero-order valence-electron chi connectivity index (χ0n) is 10.8. The highest BCUT2D eigenvalue weighted by Gasteiger charge is 2.10. The molecule has 0 bridgehead atoms. The largest absolute Gasteiger partial charge is 0.478 e. The van der Waals surface area contributed by atoms with Crippen molar-refractivity contribution in [2.75, 3.05) is 7.05 Å². The SMILES string of the molecule is CN(Cc1ccc(Cl)s1)Cc1ccc(C(=O)O)cc1Cl. The molecule has 0 atom stereocenters. The van der Waals surface area contributed by atoms with Gasteiger partial charge in [-0.25, -0.2) is 4.79 Å². The Balaban J connectivity index is 2.04. The summed E-state index contributed by atoms with van der Waals surface area (Å²) < 4.78 is 0.775. The van der Waals surface area contributed by atoms with Gasteiger partial charge in [0.2, 0.25) is 0 Å². The van der Waals surface area contributed by atoms with Crippen molar-refractivity contribution in [3.8, 4) is 0 Å². The van der Waals surface area contributed by atoms with Crippen LogP contribution in [0.25, 0.3) is 0 Å². The third-order valence-corrected chi connectivity index (χ3v) is 4.36. The number of hydrogen-bond acceptors (Lipinski definition) is 3. The molecule has 0 radical (unpaired) electrons. The maximum atomic E-state index is 10.8. The molecular weight excluding hydrogens is 317 g/mol. The molecule has 0 spiro atoms. The number of rotatable bonds is 5. The quantitative estimate of drug-likeness (QED) is 0.884. The van der Waals surface area contributed by atoms with Crippen LogP contribution < -0.4 is 0 Å². The van der Waals surface area contributed by atoms with E-state index in [1.165, 1.54) is 10.9 Å². The van der Waals surface area contributed by atoms with E-state index in [1.54, 1.807) is 23.5 Å². The third-order valence-electron chi connectivity index (χ3n) is 2.79. The molecule has 106 valence electrons. The Labute approximate surface area is 131 Å². The van der Waals surface area contributed by atoms with Gasteiger partial charge in [-0.2, -0.15) is 0 Å². The minimum atomic E-state index is -0.972. The van der Waals surface area contributed by atoms with Crippen LogP contribution in [0.4, 0.5) is 0 Å². The number of carbonyl (C=O) groups is 1. The van der Waals surface area contributed by atoms with Crippen LogP contribution in [0.15, 0.2) is 30.3 Å².